The minimum atomic E-state index is -0.459. The van der Waals surface area contributed by atoms with Crippen molar-refractivity contribution in [3.8, 4) is 23.1 Å². The van der Waals surface area contributed by atoms with Gasteiger partial charge in [0.2, 0.25) is 5.95 Å². The van der Waals surface area contributed by atoms with Crippen molar-refractivity contribution in [3.05, 3.63) is 58.7 Å². The molecule has 0 spiro atoms. The van der Waals surface area contributed by atoms with Gasteiger partial charge in [0, 0.05) is 28.7 Å². The van der Waals surface area contributed by atoms with Crippen LogP contribution in [0.2, 0.25) is 5.02 Å². The lowest BCUT2D eigenvalue weighted by Crippen LogP contribution is -2.28. The predicted molar refractivity (Wildman–Crippen MR) is 116 cm³/mol. The number of nitriles is 1. The summed E-state index contributed by atoms with van der Waals surface area (Å²) >= 11 is 6.10. The van der Waals surface area contributed by atoms with Gasteiger partial charge in [-0.05, 0) is 42.0 Å². The first-order valence-electron chi connectivity index (χ1n) is 9.35. The molecule has 1 aliphatic heterocycles. The van der Waals surface area contributed by atoms with Crippen LogP contribution in [0.3, 0.4) is 0 Å². The highest BCUT2D eigenvalue weighted by molar-refractivity contribution is 6.31. The topological polar surface area (TPSA) is 103 Å². The Balaban J connectivity index is 1.75. The normalized spacial score (nSPS) is 17.0. The standard InChI is InChI=1S/C22H20ClN5O2/c1-22(12-29)11-26-20-14(10-24)7-13(8-16(20)22)17-5-6-25-21(27-17)28-18-9-15(23)3-4-19(18)30-2/h3-9,26,29H,11-12H2,1-2H3,(H,25,27,28). The molecule has 0 saturated carbocycles. The molecule has 0 saturated heterocycles. The second-order valence-electron chi connectivity index (χ2n) is 7.37. The lowest BCUT2D eigenvalue weighted by molar-refractivity contribution is 0.219. The fraction of sp³-hybridized carbons (Fsp3) is 0.227. The van der Waals surface area contributed by atoms with Crippen LogP contribution in [0.4, 0.5) is 17.3 Å². The molecular weight excluding hydrogens is 402 g/mol. The van der Waals surface area contributed by atoms with Crippen molar-refractivity contribution in [2.45, 2.75) is 12.3 Å². The molecule has 1 atom stereocenters. The monoisotopic (exact) mass is 421 g/mol. The van der Waals surface area contributed by atoms with Crippen molar-refractivity contribution in [1.29, 1.82) is 5.26 Å². The van der Waals surface area contributed by atoms with Crippen LogP contribution in [0, 0.1) is 11.3 Å². The van der Waals surface area contributed by atoms with E-state index in [2.05, 4.69) is 26.7 Å². The lowest BCUT2D eigenvalue weighted by Gasteiger charge is -2.21. The van der Waals surface area contributed by atoms with E-state index in [4.69, 9.17) is 16.3 Å². The van der Waals surface area contributed by atoms with Gasteiger partial charge in [-0.15, -0.1) is 0 Å². The van der Waals surface area contributed by atoms with Crippen molar-refractivity contribution in [1.82, 2.24) is 9.97 Å². The summed E-state index contributed by atoms with van der Waals surface area (Å²) in [5.41, 5.74) is 3.81. The van der Waals surface area contributed by atoms with E-state index >= 15 is 0 Å². The van der Waals surface area contributed by atoms with Gasteiger partial charge >= 0.3 is 0 Å². The molecule has 3 N–H and O–H groups in total. The van der Waals surface area contributed by atoms with Gasteiger partial charge < -0.3 is 20.5 Å². The minimum absolute atomic E-state index is 0.0214. The lowest BCUT2D eigenvalue weighted by atomic mass is 9.83. The highest BCUT2D eigenvalue weighted by atomic mass is 35.5. The molecular formula is C22H20ClN5O2. The third kappa shape index (κ3) is 3.52. The molecule has 1 aromatic heterocycles. The summed E-state index contributed by atoms with van der Waals surface area (Å²) in [6, 6.07) is 13.0. The SMILES string of the molecule is COc1ccc(Cl)cc1Nc1nccc(-c2cc(C#N)c3c(c2)C(C)(CO)CN3)n1. The van der Waals surface area contributed by atoms with Gasteiger partial charge in [0.1, 0.15) is 11.8 Å². The highest BCUT2D eigenvalue weighted by Crippen LogP contribution is 2.41. The zero-order chi connectivity index (χ0) is 21.3. The summed E-state index contributed by atoms with van der Waals surface area (Å²) in [5, 5.41) is 26.5. The van der Waals surface area contributed by atoms with Crippen molar-refractivity contribution >= 4 is 28.9 Å². The highest BCUT2D eigenvalue weighted by Gasteiger charge is 2.35. The minimum Gasteiger partial charge on any atom is -0.495 e. The number of aliphatic hydroxyl groups excluding tert-OH is 1. The van der Waals surface area contributed by atoms with Gasteiger partial charge in [-0.3, -0.25) is 0 Å². The van der Waals surface area contributed by atoms with Crippen LogP contribution in [0.15, 0.2) is 42.6 Å². The number of halogens is 1. The maximum Gasteiger partial charge on any atom is 0.227 e. The Labute approximate surface area is 179 Å². The average molecular weight is 422 g/mol. The zero-order valence-corrected chi connectivity index (χ0v) is 17.3. The fourth-order valence-corrected chi connectivity index (χ4v) is 3.71. The number of aromatic nitrogens is 2. The number of aliphatic hydroxyl groups is 1. The maximum atomic E-state index is 9.90. The smallest absolute Gasteiger partial charge is 0.227 e. The van der Waals surface area contributed by atoms with Gasteiger partial charge in [-0.25, -0.2) is 9.97 Å². The third-order valence-corrected chi connectivity index (χ3v) is 5.51. The average Bonchev–Trinajstić information content (AvgIpc) is 3.11. The Kier molecular flexibility index (Phi) is 5.20. The van der Waals surface area contributed by atoms with E-state index < -0.39 is 5.41 Å². The molecule has 4 rings (SSSR count). The summed E-state index contributed by atoms with van der Waals surface area (Å²) in [5.74, 6) is 0.984. The van der Waals surface area contributed by atoms with Gasteiger partial charge in [0.05, 0.1) is 36.3 Å². The Morgan fingerprint density at radius 3 is 2.90 bits per heavy atom. The van der Waals surface area contributed by atoms with Crippen LogP contribution < -0.4 is 15.4 Å². The van der Waals surface area contributed by atoms with E-state index in [1.807, 2.05) is 13.0 Å². The quantitative estimate of drug-likeness (QED) is 0.569. The third-order valence-electron chi connectivity index (χ3n) is 5.27. The second-order valence-corrected chi connectivity index (χ2v) is 7.80. The molecule has 1 aliphatic rings. The number of rotatable bonds is 5. The number of nitrogens with zero attached hydrogens (tertiary/aromatic N) is 3. The van der Waals surface area contributed by atoms with Gasteiger partial charge in [0.15, 0.2) is 0 Å². The zero-order valence-electron chi connectivity index (χ0n) is 16.5. The van der Waals surface area contributed by atoms with Crippen LogP contribution in [-0.2, 0) is 5.41 Å². The molecule has 7 nitrogen and oxygen atoms in total. The molecule has 8 heteroatoms. The number of benzene rings is 2. The summed E-state index contributed by atoms with van der Waals surface area (Å²) in [7, 11) is 1.58. The Morgan fingerprint density at radius 2 is 2.17 bits per heavy atom. The molecule has 0 bridgehead atoms. The summed E-state index contributed by atoms with van der Waals surface area (Å²) in [6.45, 7) is 2.52. The van der Waals surface area contributed by atoms with Gasteiger partial charge in [-0.1, -0.05) is 18.5 Å². The number of anilines is 3. The molecule has 30 heavy (non-hydrogen) atoms. The molecule has 0 fully saturated rings. The van der Waals surface area contributed by atoms with Crippen LogP contribution in [0.5, 0.6) is 5.75 Å². The van der Waals surface area contributed by atoms with Crippen LogP contribution in [0.1, 0.15) is 18.1 Å². The van der Waals surface area contributed by atoms with Crippen molar-refractivity contribution in [3.63, 3.8) is 0 Å². The van der Waals surface area contributed by atoms with Gasteiger partial charge in [0.25, 0.3) is 0 Å². The molecule has 0 radical (unpaired) electrons. The summed E-state index contributed by atoms with van der Waals surface area (Å²) in [4.78, 5) is 8.89. The van der Waals surface area contributed by atoms with Crippen molar-refractivity contribution in [2.24, 2.45) is 0 Å². The second kappa shape index (κ2) is 7.82. The number of nitrogens with one attached hydrogen (secondary N) is 2. The van der Waals surface area contributed by atoms with Crippen molar-refractivity contribution in [2.75, 3.05) is 30.9 Å². The van der Waals surface area contributed by atoms with E-state index in [9.17, 15) is 10.4 Å². The molecule has 2 aromatic carbocycles. The molecule has 3 aromatic rings. The molecule has 2 heterocycles. The van der Waals surface area contributed by atoms with Crippen molar-refractivity contribution < 1.29 is 9.84 Å². The largest absolute Gasteiger partial charge is 0.495 e. The van der Waals surface area contributed by atoms with E-state index in [1.54, 1.807) is 43.6 Å². The number of fused-ring (bicyclic) bond motifs is 1. The van der Waals surface area contributed by atoms with E-state index in [0.717, 1.165) is 16.8 Å². The Morgan fingerprint density at radius 1 is 1.33 bits per heavy atom. The Bertz CT molecular complexity index is 1160. The molecule has 0 aliphatic carbocycles. The summed E-state index contributed by atoms with van der Waals surface area (Å²) in [6.07, 6.45) is 1.64. The first kappa shape index (κ1) is 20.0. The van der Waals surface area contributed by atoms with E-state index in [-0.39, 0.29) is 6.61 Å². The van der Waals surface area contributed by atoms with Crippen LogP contribution in [0.25, 0.3) is 11.3 Å². The Hall–Kier alpha value is -3.34. The van der Waals surface area contributed by atoms with E-state index in [0.29, 0.717) is 40.2 Å². The summed E-state index contributed by atoms with van der Waals surface area (Å²) < 4.78 is 5.36. The molecule has 1 unspecified atom stereocenters. The number of ether oxygens (including phenoxy) is 1. The first-order valence-corrected chi connectivity index (χ1v) is 9.72. The predicted octanol–water partition coefficient (Wildman–Crippen LogP) is 4.10. The van der Waals surface area contributed by atoms with E-state index in [1.165, 1.54) is 0 Å². The fourth-order valence-electron chi connectivity index (χ4n) is 3.54. The van der Waals surface area contributed by atoms with Crippen LogP contribution >= 0.6 is 11.6 Å². The molecule has 0 amide bonds. The molecule has 152 valence electrons. The van der Waals surface area contributed by atoms with Crippen LogP contribution in [-0.4, -0.2) is 35.3 Å². The maximum absolute atomic E-state index is 9.90. The number of hydrogen-bond acceptors (Lipinski definition) is 7. The number of hydrogen-bond donors (Lipinski definition) is 3. The van der Waals surface area contributed by atoms with Gasteiger partial charge in [-0.2, -0.15) is 5.26 Å². The first-order chi connectivity index (χ1) is 14.5. The number of methoxy groups -OCH3 is 1.